The standard InChI is InChI=1S/C30H28N10O3/c1-37-13-15-38(16-14-37)20-10-8-19(9-11-20)34-30-33-17-21-27(36-30)35-28-26-22(5-4-6-23(26)43-18-24(31)41)39(40(28)29(21)42)25-7-2-3-12-32-25/h2-12,17H,13-16,18H2,1H3,(H2,31,41)(H,33,34,36). The number of nitrogens with zero attached hydrogens (tertiary/aromatic N) is 8. The number of nitrogens with two attached hydrogens (primary N) is 1. The van der Waals surface area contributed by atoms with Crippen LogP contribution in [-0.4, -0.2) is 79.8 Å². The number of amides is 1. The highest BCUT2D eigenvalue weighted by atomic mass is 16.5. The smallest absolute Gasteiger partial charge is 0.284 e. The summed E-state index contributed by atoms with van der Waals surface area (Å²) in [7, 11) is 2.14. The summed E-state index contributed by atoms with van der Waals surface area (Å²) in [6, 6.07) is 18.8. The molecular formula is C30H28N10O3. The third-order valence-electron chi connectivity index (χ3n) is 7.49. The number of hydrogen-bond acceptors (Lipinski definition) is 10. The molecule has 1 aliphatic rings. The average Bonchev–Trinajstić information content (AvgIpc) is 3.36. The lowest BCUT2D eigenvalue weighted by molar-refractivity contribution is -0.119. The molecule has 1 aliphatic heterocycles. The van der Waals surface area contributed by atoms with Crippen LogP contribution in [0.5, 0.6) is 5.75 Å². The maximum atomic E-state index is 14.0. The molecule has 1 fully saturated rings. The number of primary amides is 1. The fourth-order valence-corrected chi connectivity index (χ4v) is 5.33. The number of rotatable bonds is 7. The number of pyridine rings is 1. The first kappa shape index (κ1) is 26.3. The van der Waals surface area contributed by atoms with Gasteiger partial charge < -0.3 is 25.6 Å². The topological polar surface area (TPSA) is 149 Å². The maximum Gasteiger partial charge on any atom is 0.284 e. The molecule has 0 saturated carbocycles. The number of ether oxygens (including phenoxy) is 1. The summed E-state index contributed by atoms with van der Waals surface area (Å²) < 4.78 is 8.81. The Morgan fingerprint density at radius 1 is 0.977 bits per heavy atom. The Morgan fingerprint density at radius 2 is 1.79 bits per heavy atom. The van der Waals surface area contributed by atoms with Gasteiger partial charge in [0.05, 0.1) is 10.9 Å². The molecule has 0 aliphatic carbocycles. The molecule has 0 atom stereocenters. The number of benzene rings is 2. The average molecular weight is 577 g/mol. The zero-order chi connectivity index (χ0) is 29.5. The highest BCUT2D eigenvalue weighted by Gasteiger charge is 2.22. The van der Waals surface area contributed by atoms with Crippen molar-refractivity contribution in [2.45, 2.75) is 0 Å². The second-order valence-electron chi connectivity index (χ2n) is 10.4. The number of fused-ring (bicyclic) bond motifs is 4. The molecule has 0 spiro atoms. The molecule has 0 unspecified atom stereocenters. The number of anilines is 3. The van der Waals surface area contributed by atoms with Gasteiger partial charge in [-0.1, -0.05) is 12.1 Å². The summed E-state index contributed by atoms with van der Waals surface area (Å²) in [5.41, 5.74) is 8.04. The zero-order valence-corrected chi connectivity index (χ0v) is 23.3. The number of nitrogens with one attached hydrogen (secondary N) is 1. The third-order valence-corrected chi connectivity index (χ3v) is 7.49. The van der Waals surface area contributed by atoms with Crippen LogP contribution in [0.15, 0.2) is 77.9 Å². The van der Waals surface area contributed by atoms with Gasteiger partial charge in [0.1, 0.15) is 11.1 Å². The minimum absolute atomic E-state index is 0.210. The second-order valence-corrected chi connectivity index (χ2v) is 10.4. The molecule has 0 radical (unpaired) electrons. The van der Waals surface area contributed by atoms with Crippen LogP contribution in [0.3, 0.4) is 0 Å². The monoisotopic (exact) mass is 576 g/mol. The highest BCUT2D eigenvalue weighted by Crippen LogP contribution is 2.32. The van der Waals surface area contributed by atoms with E-state index in [0.29, 0.717) is 34.1 Å². The molecule has 0 bridgehead atoms. The molecule has 13 heteroatoms. The Bertz CT molecular complexity index is 2030. The van der Waals surface area contributed by atoms with Gasteiger partial charge in [0.15, 0.2) is 23.7 Å². The van der Waals surface area contributed by atoms with Crippen LogP contribution < -0.4 is 26.2 Å². The van der Waals surface area contributed by atoms with Gasteiger partial charge in [0.25, 0.3) is 11.5 Å². The second kappa shape index (κ2) is 10.7. The van der Waals surface area contributed by atoms with Crippen molar-refractivity contribution in [3.05, 3.63) is 83.4 Å². The molecule has 216 valence electrons. The number of carbonyl (C=O) groups is 1. The number of piperazine rings is 1. The van der Waals surface area contributed by atoms with E-state index in [-0.39, 0.29) is 23.2 Å². The van der Waals surface area contributed by atoms with E-state index in [1.807, 2.05) is 24.3 Å². The van der Waals surface area contributed by atoms with Gasteiger partial charge in [-0.15, -0.1) is 0 Å². The SMILES string of the molecule is CN1CCN(c2ccc(Nc3ncc4c(=O)n5c(nc4n3)c3c(OCC(N)=O)cccc3n5-c3ccccn3)cc2)CC1. The Balaban J connectivity index is 1.32. The normalized spacial score (nSPS) is 14.0. The molecule has 43 heavy (non-hydrogen) atoms. The third kappa shape index (κ3) is 4.85. The van der Waals surface area contributed by atoms with E-state index in [4.69, 9.17) is 15.5 Å². The number of hydrogen-bond donors (Lipinski definition) is 2. The van der Waals surface area contributed by atoms with Crippen molar-refractivity contribution in [2.75, 3.05) is 50.1 Å². The lowest BCUT2D eigenvalue weighted by Gasteiger charge is -2.34. The van der Waals surface area contributed by atoms with E-state index in [2.05, 4.69) is 49.2 Å². The van der Waals surface area contributed by atoms with Crippen molar-refractivity contribution >= 4 is 50.8 Å². The van der Waals surface area contributed by atoms with Crippen LogP contribution in [0.2, 0.25) is 0 Å². The fraction of sp³-hybridized carbons (Fsp3) is 0.200. The van der Waals surface area contributed by atoms with E-state index in [1.165, 1.54) is 10.7 Å². The van der Waals surface area contributed by atoms with E-state index in [9.17, 15) is 9.59 Å². The first-order valence-corrected chi connectivity index (χ1v) is 13.8. The summed E-state index contributed by atoms with van der Waals surface area (Å²) >= 11 is 0. The molecule has 7 rings (SSSR count). The van der Waals surface area contributed by atoms with Gasteiger partial charge in [-0.2, -0.15) is 9.50 Å². The summed E-state index contributed by atoms with van der Waals surface area (Å²) in [6.07, 6.45) is 3.11. The molecule has 3 N–H and O–H groups in total. The van der Waals surface area contributed by atoms with Crippen molar-refractivity contribution in [2.24, 2.45) is 5.73 Å². The van der Waals surface area contributed by atoms with Gasteiger partial charge in [-0.3, -0.25) is 9.59 Å². The van der Waals surface area contributed by atoms with E-state index in [1.54, 1.807) is 35.1 Å². The zero-order valence-electron chi connectivity index (χ0n) is 23.3. The lowest BCUT2D eigenvalue weighted by Crippen LogP contribution is -2.44. The molecule has 1 amide bonds. The Hall–Kier alpha value is -5.56. The van der Waals surface area contributed by atoms with Gasteiger partial charge in [0.2, 0.25) is 5.95 Å². The van der Waals surface area contributed by atoms with Crippen molar-refractivity contribution in [3.8, 4) is 11.6 Å². The van der Waals surface area contributed by atoms with Gasteiger partial charge in [-0.05, 0) is 55.6 Å². The van der Waals surface area contributed by atoms with Crippen molar-refractivity contribution in [1.29, 1.82) is 0 Å². The Morgan fingerprint density at radius 3 is 2.53 bits per heavy atom. The van der Waals surface area contributed by atoms with Crippen LogP contribution in [0.25, 0.3) is 33.4 Å². The maximum absolute atomic E-state index is 14.0. The van der Waals surface area contributed by atoms with Crippen LogP contribution in [-0.2, 0) is 4.79 Å². The van der Waals surface area contributed by atoms with E-state index < -0.39 is 5.91 Å². The summed E-state index contributed by atoms with van der Waals surface area (Å²) in [5, 5.41) is 3.97. The Labute approximate surface area is 245 Å². The van der Waals surface area contributed by atoms with Crippen molar-refractivity contribution in [3.63, 3.8) is 0 Å². The van der Waals surface area contributed by atoms with Crippen molar-refractivity contribution < 1.29 is 9.53 Å². The first-order chi connectivity index (χ1) is 21.0. The van der Waals surface area contributed by atoms with E-state index >= 15 is 0 Å². The lowest BCUT2D eigenvalue weighted by atomic mass is 10.2. The largest absolute Gasteiger partial charge is 0.483 e. The highest BCUT2D eigenvalue weighted by molar-refractivity contribution is 6.00. The van der Waals surface area contributed by atoms with Gasteiger partial charge in [-0.25, -0.2) is 19.6 Å². The van der Waals surface area contributed by atoms with Gasteiger partial charge in [0, 0.05) is 49.9 Å². The van der Waals surface area contributed by atoms with Crippen molar-refractivity contribution in [1.82, 2.24) is 34.0 Å². The minimum atomic E-state index is -0.624. The fourth-order valence-electron chi connectivity index (χ4n) is 5.33. The van der Waals surface area contributed by atoms with Crippen LogP contribution >= 0.6 is 0 Å². The molecule has 1 saturated heterocycles. The summed E-state index contributed by atoms with van der Waals surface area (Å²) in [5.74, 6) is 0.524. The molecular weight excluding hydrogens is 548 g/mol. The molecule has 5 heterocycles. The minimum Gasteiger partial charge on any atom is -0.483 e. The molecule has 13 nitrogen and oxygen atoms in total. The first-order valence-electron chi connectivity index (χ1n) is 13.8. The van der Waals surface area contributed by atoms with Crippen LogP contribution in [0.1, 0.15) is 0 Å². The summed E-state index contributed by atoms with van der Waals surface area (Å²) in [6.45, 7) is 3.70. The van der Waals surface area contributed by atoms with Crippen LogP contribution in [0.4, 0.5) is 17.3 Å². The molecule has 2 aromatic carbocycles. The quantitative estimate of drug-likeness (QED) is 0.290. The predicted octanol–water partition coefficient (Wildman–Crippen LogP) is 2.34. The molecule has 6 aromatic rings. The van der Waals surface area contributed by atoms with Crippen LogP contribution in [0, 0.1) is 0 Å². The number of aromatic nitrogens is 6. The van der Waals surface area contributed by atoms with Gasteiger partial charge >= 0.3 is 0 Å². The van der Waals surface area contributed by atoms with E-state index in [0.717, 1.165) is 37.6 Å². The number of carbonyl (C=O) groups excluding carboxylic acids is 1. The predicted molar refractivity (Wildman–Crippen MR) is 163 cm³/mol. The summed E-state index contributed by atoms with van der Waals surface area (Å²) in [4.78, 5) is 48.4. The molecule has 4 aromatic heterocycles. The number of likely N-dealkylation sites (N-methyl/N-ethyl adjacent to an activating group) is 1. The Kier molecular flexibility index (Phi) is 6.55.